The average molecular weight is 430 g/mol. The molecule has 1 amide bonds. The molecule has 0 spiro atoms. The number of carbonyl (C=O) groups excluding carboxylic acids is 1. The molecule has 1 atom stereocenters. The fourth-order valence-corrected chi connectivity index (χ4v) is 5.21. The highest BCUT2D eigenvalue weighted by Crippen LogP contribution is 2.30. The van der Waals surface area contributed by atoms with E-state index in [0.717, 1.165) is 74.9 Å². The molecule has 8 heteroatoms. The van der Waals surface area contributed by atoms with Crippen molar-refractivity contribution in [1.29, 1.82) is 0 Å². The summed E-state index contributed by atoms with van der Waals surface area (Å²) in [5.74, 6) is 0.428. The third-order valence-corrected chi connectivity index (χ3v) is 6.95. The molecule has 7 nitrogen and oxygen atoms in total. The molecule has 2 aliphatic rings. The predicted molar refractivity (Wildman–Crippen MR) is 123 cm³/mol. The SMILES string of the molecule is NCCC1CCCN(c2nc(C(=O)Nc3ccccc3N3CCC(O)CC3)cs2)C1. The summed E-state index contributed by atoms with van der Waals surface area (Å²) in [6, 6.07) is 7.85. The zero-order valence-electron chi connectivity index (χ0n) is 17.3. The zero-order chi connectivity index (χ0) is 20.9. The van der Waals surface area contributed by atoms with E-state index in [1.807, 2.05) is 29.6 Å². The van der Waals surface area contributed by atoms with Gasteiger partial charge < -0.3 is 26.0 Å². The second-order valence-corrected chi connectivity index (χ2v) is 9.07. The molecule has 0 bridgehead atoms. The Morgan fingerprint density at radius 3 is 2.80 bits per heavy atom. The second kappa shape index (κ2) is 9.76. The molecule has 2 aliphatic heterocycles. The lowest BCUT2D eigenvalue weighted by atomic mass is 9.95. The van der Waals surface area contributed by atoms with Crippen molar-refractivity contribution in [2.75, 3.05) is 47.8 Å². The van der Waals surface area contributed by atoms with E-state index in [1.165, 1.54) is 17.8 Å². The molecule has 3 heterocycles. The Balaban J connectivity index is 1.43. The smallest absolute Gasteiger partial charge is 0.275 e. The van der Waals surface area contributed by atoms with Gasteiger partial charge in [-0.1, -0.05) is 12.1 Å². The van der Waals surface area contributed by atoms with Crippen molar-refractivity contribution in [3.05, 3.63) is 35.3 Å². The Labute approximate surface area is 181 Å². The van der Waals surface area contributed by atoms with Crippen LogP contribution in [0.5, 0.6) is 0 Å². The lowest BCUT2D eigenvalue weighted by Crippen LogP contribution is -2.36. The highest BCUT2D eigenvalue weighted by atomic mass is 32.1. The topological polar surface area (TPSA) is 94.7 Å². The number of para-hydroxylation sites is 2. The van der Waals surface area contributed by atoms with Crippen LogP contribution in [0, 0.1) is 5.92 Å². The number of nitrogens with two attached hydrogens (primary N) is 1. The molecule has 2 fully saturated rings. The van der Waals surface area contributed by atoms with Gasteiger partial charge in [-0.3, -0.25) is 4.79 Å². The molecule has 1 unspecified atom stereocenters. The van der Waals surface area contributed by atoms with Crippen molar-refractivity contribution in [3.63, 3.8) is 0 Å². The lowest BCUT2D eigenvalue weighted by Gasteiger charge is -2.32. The van der Waals surface area contributed by atoms with Crippen LogP contribution in [0.15, 0.2) is 29.6 Å². The first-order valence-corrected chi connectivity index (χ1v) is 11.8. The first kappa shape index (κ1) is 21.1. The summed E-state index contributed by atoms with van der Waals surface area (Å²) in [6.07, 6.45) is 4.67. The molecule has 0 aliphatic carbocycles. The zero-order valence-corrected chi connectivity index (χ0v) is 18.1. The van der Waals surface area contributed by atoms with Crippen molar-refractivity contribution < 1.29 is 9.90 Å². The summed E-state index contributed by atoms with van der Waals surface area (Å²) in [4.78, 5) is 22.0. The molecule has 162 valence electrons. The van der Waals surface area contributed by atoms with Gasteiger partial charge in [0.05, 0.1) is 17.5 Å². The molecule has 2 aromatic rings. The highest BCUT2D eigenvalue weighted by Gasteiger charge is 2.24. The molecule has 4 N–H and O–H groups in total. The molecule has 2 saturated heterocycles. The van der Waals surface area contributed by atoms with Gasteiger partial charge in [0, 0.05) is 31.6 Å². The van der Waals surface area contributed by atoms with E-state index < -0.39 is 0 Å². The number of nitrogens with zero attached hydrogens (tertiary/aromatic N) is 3. The van der Waals surface area contributed by atoms with Crippen molar-refractivity contribution in [1.82, 2.24) is 4.98 Å². The van der Waals surface area contributed by atoms with Gasteiger partial charge in [-0.05, 0) is 56.7 Å². The number of nitrogens with one attached hydrogen (secondary N) is 1. The molecule has 0 saturated carbocycles. The molecule has 1 aromatic carbocycles. The monoisotopic (exact) mass is 429 g/mol. The Kier molecular flexibility index (Phi) is 6.86. The molecule has 4 rings (SSSR count). The first-order chi connectivity index (χ1) is 14.6. The molecular weight excluding hydrogens is 398 g/mol. The number of aromatic nitrogens is 1. The number of hydrogen-bond acceptors (Lipinski definition) is 7. The summed E-state index contributed by atoms with van der Waals surface area (Å²) < 4.78 is 0. The number of benzene rings is 1. The van der Waals surface area contributed by atoms with Crippen molar-refractivity contribution in [2.45, 2.75) is 38.2 Å². The van der Waals surface area contributed by atoms with Gasteiger partial charge in [0.15, 0.2) is 5.13 Å². The summed E-state index contributed by atoms with van der Waals surface area (Å²) in [7, 11) is 0. The number of amides is 1. The first-order valence-electron chi connectivity index (χ1n) is 10.9. The summed E-state index contributed by atoms with van der Waals surface area (Å²) in [6.45, 7) is 4.25. The number of hydrogen-bond donors (Lipinski definition) is 3. The minimum atomic E-state index is -0.226. The van der Waals surface area contributed by atoms with Gasteiger partial charge >= 0.3 is 0 Å². The Hall–Kier alpha value is -2.16. The van der Waals surface area contributed by atoms with Crippen LogP contribution in [0.4, 0.5) is 16.5 Å². The van der Waals surface area contributed by atoms with Gasteiger partial charge in [-0.15, -0.1) is 11.3 Å². The summed E-state index contributed by atoms with van der Waals surface area (Å²) in [5, 5.41) is 15.6. The normalized spacial score (nSPS) is 20.4. The third-order valence-electron chi connectivity index (χ3n) is 6.05. The summed E-state index contributed by atoms with van der Waals surface area (Å²) >= 11 is 1.53. The van der Waals surface area contributed by atoms with Crippen LogP contribution >= 0.6 is 11.3 Å². The minimum Gasteiger partial charge on any atom is -0.393 e. The van der Waals surface area contributed by atoms with E-state index >= 15 is 0 Å². The van der Waals surface area contributed by atoms with E-state index in [1.54, 1.807) is 0 Å². The van der Waals surface area contributed by atoms with E-state index in [4.69, 9.17) is 5.73 Å². The van der Waals surface area contributed by atoms with Crippen LogP contribution in [0.25, 0.3) is 0 Å². The van der Waals surface area contributed by atoms with E-state index in [0.29, 0.717) is 11.6 Å². The quantitative estimate of drug-likeness (QED) is 0.654. The van der Waals surface area contributed by atoms with Crippen LogP contribution in [0.1, 0.15) is 42.6 Å². The van der Waals surface area contributed by atoms with Crippen molar-refractivity contribution in [2.24, 2.45) is 11.7 Å². The van der Waals surface area contributed by atoms with E-state index in [2.05, 4.69) is 20.1 Å². The number of anilines is 3. The minimum absolute atomic E-state index is 0.183. The van der Waals surface area contributed by atoms with Gasteiger partial charge in [0.25, 0.3) is 5.91 Å². The highest BCUT2D eigenvalue weighted by molar-refractivity contribution is 7.14. The van der Waals surface area contributed by atoms with Gasteiger partial charge in [-0.25, -0.2) is 4.98 Å². The second-order valence-electron chi connectivity index (χ2n) is 8.24. The van der Waals surface area contributed by atoms with Gasteiger partial charge in [0.2, 0.25) is 0 Å². The number of aliphatic hydroxyl groups is 1. The van der Waals surface area contributed by atoms with Crippen LogP contribution in [0.3, 0.4) is 0 Å². The van der Waals surface area contributed by atoms with Crippen LogP contribution < -0.4 is 20.9 Å². The molecule has 1 aromatic heterocycles. The Morgan fingerprint density at radius 1 is 1.20 bits per heavy atom. The maximum Gasteiger partial charge on any atom is 0.275 e. The van der Waals surface area contributed by atoms with Crippen LogP contribution in [-0.4, -0.2) is 54.8 Å². The number of thiazole rings is 1. The number of aliphatic hydroxyl groups excluding tert-OH is 1. The number of rotatable bonds is 6. The third kappa shape index (κ3) is 4.94. The van der Waals surface area contributed by atoms with E-state index in [9.17, 15) is 9.90 Å². The van der Waals surface area contributed by atoms with Gasteiger partial charge in [0.1, 0.15) is 5.69 Å². The fourth-order valence-electron chi connectivity index (χ4n) is 4.37. The maximum atomic E-state index is 12.9. The summed E-state index contributed by atoms with van der Waals surface area (Å²) in [5.41, 5.74) is 7.97. The molecule has 0 radical (unpaired) electrons. The Bertz CT molecular complexity index is 848. The van der Waals surface area contributed by atoms with Gasteiger partial charge in [-0.2, -0.15) is 0 Å². The van der Waals surface area contributed by atoms with Crippen LogP contribution in [0.2, 0.25) is 0 Å². The largest absolute Gasteiger partial charge is 0.393 e. The Morgan fingerprint density at radius 2 is 2.00 bits per heavy atom. The number of piperidine rings is 2. The maximum absolute atomic E-state index is 12.9. The standard InChI is InChI=1S/C22H31N5O2S/c23-10-7-16-4-3-11-27(14-16)22-25-19(15-30-22)21(29)24-18-5-1-2-6-20(18)26-12-8-17(28)9-13-26/h1-2,5-6,15-17,28H,3-4,7-14,23H2,(H,24,29). The molecular formula is C22H31N5O2S. The van der Waals surface area contributed by atoms with Crippen LogP contribution in [-0.2, 0) is 0 Å². The molecule has 30 heavy (non-hydrogen) atoms. The van der Waals surface area contributed by atoms with Crippen molar-refractivity contribution >= 4 is 33.8 Å². The lowest BCUT2D eigenvalue weighted by molar-refractivity contribution is 0.102. The predicted octanol–water partition coefficient (Wildman–Crippen LogP) is 2.92. The van der Waals surface area contributed by atoms with Crippen molar-refractivity contribution in [3.8, 4) is 0 Å². The fraction of sp³-hybridized carbons (Fsp3) is 0.545. The average Bonchev–Trinajstić information content (AvgIpc) is 3.26. The number of carbonyl (C=O) groups is 1. The van der Waals surface area contributed by atoms with E-state index in [-0.39, 0.29) is 12.0 Å².